The van der Waals surface area contributed by atoms with Gasteiger partial charge in [0.15, 0.2) is 5.79 Å². The molecule has 0 amide bonds. The third kappa shape index (κ3) is 11.3. The van der Waals surface area contributed by atoms with E-state index in [1.807, 2.05) is 30.3 Å². The van der Waals surface area contributed by atoms with Crippen LogP contribution in [0.5, 0.6) is 5.75 Å². The van der Waals surface area contributed by atoms with Gasteiger partial charge in [-0.2, -0.15) is 13.3 Å². The molecule has 0 N–H and O–H groups in total. The van der Waals surface area contributed by atoms with Crippen molar-refractivity contribution in [2.75, 3.05) is 19.0 Å². The summed E-state index contributed by atoms with van der Waals surface area (Å²) in [4.78, 5) is 5.20. The smallest absolute Gasteiger partial charge is 0.293 e. The van der Waals surface area contributed by atoms with Crippen LogP contribution in [0.1, 0.15) is 65.7 Å². The number of unbranched alkanes of at least 4 members (excludes halogenated alkanes) is 5. The standard InChI is InChI=1S/C20H34O6S/c1-4-6-7-8-9-13-16-20(3,25-26-27(21,22)5-2)24-18-17-23-19-14-11-10-12-15-19/h10-12,14-15H,4-9,13,16-18H2,1-3H3. The quantitative estimate of drug-likeness (QED) is 0.170. The predicted octanol–water partition coefficient (Wildman–Crippen LogP) is 4.85. The molecule has 1 aromatic carbocycles. The third-order valence-electron chi connectivity index (χ3n) is 4.15. The Morgan fingerprint density at radius 2 is 1.59 bits per heavy atom. The molecular weight excluding hydrogens is 368 g/mol. The van der Waals surface area contributed by atoms with E-state index in [-0.39, 0.29) is 12.4 Å². The van der Waals surface area contributed by atoms with Gasteiger partial charge in [0, 0.05) is 6.42 Å². The van der Waals surface area contributed by atoms with E-state index in [0.717, 1.165) is 25.0 Å². The van der Waals surface area contributed by atoms with Gasteiger partial charge in [-0.3, -0.25) is 0 Å². The highest BCUT2D eigenvalue weighted by molar-refractivity contribution is 7.86. The van der Waals surface area contributed by atoms with E-state index in [1.165, 1.54) is 26.2 Å². The first-order valence-electron chi connectivity index (χ1n) is 9.82. The minimum absolute atomic E-state index is 0.156. The van der Waals surface area contributed by atoms with Crippen molar-refractivity contribution in [1.29, 1.82) is 0 Å². The molecule has 6 nitrogen and oxygen atoms in total. The highest BCUT2D eigenvalue weighted by Gasteiger charge is 2.29. The SMILES string of the molecule is CCCCCCCCC(C)(OCCOc1ccccc1)OOS(=O)(=O)CC. The molecule has 0 heterocycles. The first-order chi connectivity index (χ1) is 12.9. The van der Waals surface area contributed by atoms with Gasteiger partial charge in [-0.15, -0.1) is 4.33 Å². The maximum Gasteiger partial charge on any atom is 0.293 e. The summed E-state index contributed by atoms with van der Waals surface area (Å²) in [5, 5.41) is 0. The second-order valence-corrected chi connectivity index (χ2v) is 8.49. The number of benzene rings is 1. The van der Waals surface area contributed by atoms with Crippen LogP contribution in [0.15, 0.2) is 30.3 Å². The molecule has 1 rings (SSSR count). The minimum atomic E-state index is -3.70. The van der Waals surface area contributed by atoms with Gasteiger partial charge in [0.2, 0.25) is 0 Å². The Morgan fingerprint density at radius 3 is 2.26 bits per heavy atom. The molecule has 0 bridgehead atoms. The molecular formula is C20H34O6S. The highest BCUT2D eigenvalue weighted by Crippen LogP contribution is 2.23. The molecule has 0 spiro atoms. The maximum absolute atomic E-state index is 11.6. The molecule has 156 valence electrons. The summed E-state index contributed by atoms with van der Waals surface area (Å²) < 4.78 is 39.2. The molecule has 7 heteroatoms. The summed E-state index contributed by atoms with van der Waals surface area (Å²) in [7, 11) is -3.70. The number of hydrogen-bond acceptors (Lipinski definition) is 6. The summed E-state index contributed by atoms with van der Waals surface area (Å²) in [5.41, 5.74) is 0. The summed E-state index contributed by atoms with van der Waals surface area (Å²) in [6.45, 7) is 5.98. The first-order valence-corrected chi connectivity index (χ1v) is 11.4. The van der Waals surface area contributed by atoms with Crippen LogP contribution in [-0.4, -0.2) is 33.2 Å². The van der Waals surface area contributed by atoms with Gasteiger partial charge in [-0.1, -0.05) is 57.2 Å². The van der Waals surface area contributed by atoms with Crippen LogP contribution in [0, 0.1) is 0 Å². The van der Waals surface area contributed by atoms with E-state index in [0.29, 0.717) is 13.0 Å². The Hall–Kier alpha value is -1.15. The fourth-order valence-electron chi connectivity index (χ4n) is 2.47. The normalized spacial score (nSPS) is 14.0. The van der Waals surface area contributed by atoms with Crippen molar-refractivity contribution in [2.24, 2.45) is 0 Å². The van der Waals surface area contributed by atoms with Gasteiger partial charge in [0.05, 0.1) is 12.4 Å². The molecule has 0 saturated carbocycles. The van der Waals surface area contributed by atoms with E-state index in [1.54, 1.807) is 6.92 Å². The molecule has 0 saturated heterocycles. The summed E-state index contributed by atoms with van der Waals surface area (Å²) >= 11 is 0. The molecule has 0 radical (unpaired) electrons. The second-order valence-electron chi connectivity index (χ2n) is 6.66. The van der Waals surface area contributed by atoms with E-state index < -0.39 is 15.9 Å². The van der Waals surface area contributed by atoms with Crippen LogP contribution >= 0.6 is 0 Å². The van der Waals surface area contributed by atoms with Gasteiger partial charge in [0.1, 0.15) is 12.4 Å². The van der Waals surface area contributed by atoms with Crippen LogP contribution in [0.2, 0.25) is 0 Å². The average Bonchev–Trinajstić information content (AvgIpc) is 2.68. The van der Waals surface area contributed by atoms with Crippen molar-refractivity contribution in [2.45, 2.75) is 71.5 Å². The van der Waals surface area contributed by atoms with Crippen molar-refractivity contribution in [3.63, 3.8) is 0 Å². The van der Waals surface area contributed by atoms with Crippen LogP contribution < -0.4 is 4.74 Å². The summed E-state index contributed by atoms with van der Waals surface area (Å²) in [5.74, 6) is -0.533. The lowest BCUT2D eigenvalue weighted by Gasteiger charge is -2.28. The lowest BCUT2D eigenvalue weighted by molar-refractivity contribution is -0.375. The van der Waals surface area contributed by atoms with Crippen LogP contribution in [0.3, 0.4) is 0 Å². The molecule has 0 aliphatic rings. The minimum Gasteiger partial charge on any atom is -0.491 e. The molecule has 0 aliphatic carbocycles. The van der Waals surface area contributed by atoms with Crippen molar-refractivity contribution in [3.8, 4) is 5.75 Å². The van der Waals surface area contributed by atoms with Gasteiger partial charge in [0.25, 0.3) is 10.1 Å². The molecule has 1 unspecified atom stereocenters. The van der Waals surface area contributed by atoms with Crippen LogP contribution in [0.4, 0.5) is 0 Å². The molecule has 0 aliphatic heterocycles. The highest BCUT2D eigenvalue weighted by atomic mass is 32.2. The van der Waals surface area contributed by atoms with Crippen LogP contribution in [-0.2, 0) is 24.1 Å². The topological polar surface area (TPSA) is 71.1 Å². The monoisotopic (exact) mass is 402 g/mol. The summed E-state index contributed by atoms with van der Waals surface area (Å²) in [6.07, 6.45) is 7.26. The zero-order valence-corrected chi connectivity index (χ0v) is 17.6. The largest absolute Gasteiger partial charge is 0.491 e. The first kappa shape index (κ1) is 23.9. The van der Waals surface area contributed by atoms with E-state index in [9.17, 15) is 8.42 Å². The predicted molar refractivity (Wildman–Crippen MR) is 106 cm³/mol. The molecule has 1 aromatic rings. The van der Waals surface area contributed by atoms with Gasteiger partial charge >= 0.3 is 0 Å². The fraction of sp³-hybridized carbons (Fsp3) is 0.700. The molecule has 0 aromatic heterocycles. The Morgan fingerprint density at radius 1 is 0.926 bits per heavy atom. The molecule has 1 atom stereocenters. The zero-order chi connectivity index (χ0) is 20.0. The van der Waals surface area contributed by atoms with Gasteiger partial charge < -0.3 is 9.47 Å². The number of rotatable bonds is 16. The van der Waals surface area contributed by atoms with E-state index in [4.69, 9.17) is 14.4 Å². The van der Waals surface area contributed by atoms with Gasteiger partial charge in [-0.25, -0.2) is 0 Å². The third-order valence-corrected chi connectivity index (χ3v) is 5.14. The Balaban J connectivity index is 2.44. The molecule has 27 heavy (non-hydrogen) atoms. The lowest BCUT2D eigenvalue weighted by Crippen LogP contribution is -2.35. The number of ether oxygens (including phenoxy) is 2. The van der Waals surface area contributed by atoms with E-state index in [2.05, 4.69) is 11.3 Å². The lowest BCUT2D eigenvalue weighted by atomic mass is 10.1. The second kappa shape index (κ2) is 13.1. The Labute approximate surface area is 164 Å². The van der Waals surface area contributed by atoms with E-state index >= 15 is 0 Å². The van der Waals surface area contributed by atoms with Crippen molar-refractivity contribution in [3.05, 3.63) is 30.3 Å². The Bertz CT molecular complexity index is 590. The average molecular weight is 403 g/mol. The summed E-state index contributed by atoms with van der Waals surface area (Å²) in [6, 6.07) is 9.43. The Kier molecular flexibility index (Phi) is 11.6. The molecule has 0 fully saturated rings. The number of hydrogen-bond donors (Lipinski definition) is 0. The van der Waals surface area contributed by atoms with Crippen LogP contribution in [0.25, 0.3) is 0 Å². The zero-order valence-electron chi connectivity index (χ0n) is 16.8. The fourth-order valence-corrected chi connectivity index (χ4v) is 2.81. The maximum atomic E-state index is 11.6. The van der Waals surface area contributed by atoms with Crippen molar-refractivity contribution in [1.82, 2.24) is 0 Å². The van der Waals surface area contributed by atoms with Crippen molar-refractivity contribution < 1.29 is 27.1 Å². The van der Waals surface area contributed by atoms with Crippen molar-refractivity contribution >= 4 is 10.1 Å². The van der Waals surface area contributed by atoms with Gasteiger partial charge in [-0.05, 0) is 32.4 Å². The number of para-hydroxylation sites is 1.